The normalized spacial score (nSPS) is 15.6. The number of benzene rings is 1. The first-order chi connectivity index (χ1) is 13.0. The number of nitrogens with zero attached hydrogens (tertiary/aromatic N) is 5. The Labute approximate surface area is 157 Å². The van der Waals surface area contributed by atoms with Crippen molar-refractivity contribution in [2.45, 2.75) is 19.8 Å². The van der Waals surface area contributed by atoms with Crippen LogP contribution in [0, 0.1) is 10.1 Å². The molecule has 1 saturated heterocycles. The number of nitro groups is 1. The Bertz CT molecular complexity index is 875. The van der Waals surface area contributed by atoms with E-state index < -0.39 is 4.92 Å². The molecule has 1 aromatic carbocycles. The van der Waals surface area contributed by atoms with Crippen molar-refractivity contribution in [2.24, 2.45) is 5.10 Å². The van der Waals surface area contributed by atoms with E-state index in [1.807, 2.05) is 11.9 Å². The lowest BCUT2D eigenvalue weighted by Crippen LogP contribution is -2.41. The zero-order valence-corrected chi connectivity index (χ0v) is 15.6. The average Bonchev–Trinajstić information content (AvgIpc) is 2.97. The molecular weight excluding hydrogens is 348 g/mol. The lowest BCUT2D eigenvalue weighted by atomic mass is 10.2. The van der Waals surface area contributed by atoms with Gasteiger partial charge in [-0.3, -0.25) is 25.0 Å². The summed E-state index contributed by atoms with van der Waals surface area (Å²) in [5.41, 5.74) is 1.70. The Kier molecular flexibility index (Phi) is 5.70. The molecule has 3 rings (SSSR count). The van der Waals surface area contributed by atoms with Crippen LogP contribution in [-0.4, -0.2) is 64.1 Å². The molecule has 9 heteroatoms. The number of nitro benzene ring substituents is 1. The van der Waals surface area contributed by atoms with Gasteiger partial charge in [0, 0.05) is 44.0 Å². The summed E-state index contributed by atoms with van der Waals surface area (Å²) in [6.07, 6.45) is 3.24. The number of H-pyrrole nitrogens is 1. The number of hydrazone groups is 1. The average molecular weight is 372 g/mol. The zero-order valence-electron chi connectivity index (χ0n) is 15.6. The van der Waals surface area contributed by atoms with Gasteiger partial charge in [0.1, 0.15) is 0 Å². The molecule has 0 bridgehead atoms. The second-order valence-corrected chi connectivity index (χ2v) is 6.67. The van der Waals surface area contributed by atoms with Crippen molar-refractivity contribution in [3.05, 3.63) is 56.0 Å². The minimum absolute atomic E-state index is 0.0102. The third-order valence-corrected chi connectivity index (χ3v) is 4.65. The van der Waals surface area contributed by atoms with Crippen LogP contribution in [0.4, 0.5) is 5.69 Å². The molecule has 27 heavy (non-hydrogen) atoms. The van der Waals surface area contributed by atoms with Crippen LogP contribution in [0.1, 0.15) is 24.6 Å². The Hall–Kier alpha value is -2.94. The number of nitrogens with one attached hydrogen (secondary N) is 1. The number of likely N-dealkylation sites (N-methyl/N-ethyl adjacent to an activating group) is 1. The molecular formula is C18H24N6O3. The van der Waals surface area contributed by atoms with Crippen LogP contribution in [0.15, 0.2) is 34.2 Å². The largest absolute Gasteiger partial charge is 0.303 e. The van der Waals surface area contributed by atoms with Gasteiger partial charge in [0.15, 0.2) is 0 Å². The molecule has 0 atom stereocenters. The predicted molar refractivity (Wildman–Crippen MR) is 104 cm³/mol. The van der Waals surface area contributed by atoms with E-state index in [0.29, 0.717) is 11.3 Å². The maximum atomic E-state index is 12.9. The number of hydrogen-bond donors (Lipinski definition) is 1. The van der Waals surface area contributed by atoms with Gasteiger partial charge in [-0.25, -0.2) is 4.68 Å². The summed E-state index contributed by atoms with van der Waals surface area (Å²) in [4.78, 5) is 25.5. The molecule has 0 aliphatic carbocycles. The van der Waals surface area contributed by atoms with Gasteiger partial charge in [0.25, 0.3) is 11.2 Å². The second-order valence-electron chi connectivity index (χ2n) is 6.67. The standard InChI is InChI=1S/C18H24N6O3/c1-3-4-17-16(13-19-22-11-9-21(2)10-12-22)18(25)23(20-17)14-5-7-15(8-6-14)24(26)27/h5-8,13,20H,3-4,9-12H2,1-2H3/b19-13-. The van der Waals surface area contributed by atoms with Gasteiger partial charge < -0.3 is 4.90 Å². The van der Waals surface area contributed by atoms with Crippen LogP contribution in [0.5, 0.6) is 0 Å². The summed E-state index contributed by atoms with van der Waals surface area (Å²) < 4.78 is 1.42. The van der Waals surface area contributed by atoms with Crippen LogP contribution in [0.25, 0.3) is 5.69 Å². The maximum absolute atomic E-state index is 12.9. The SMILES string of the molecule is CCCc1[nH]n(-c2ccc([N+](=O)[O-])cc2)c(=O)c1/C=N\N1CCN(C)CC1. The van der Waals surface area contributed by atoms with E-state index in [-0.39, 0.29) is 11.2 Å². The fourth-order valence-corrected chi connectivity index (χ4v) is 3.03. The van der Waals surface area contributed by atoms with E-state index in [1.54, 1.807) is 18.3 Å². The monoisotopic (exact) mass is 372 g/mol. The third kappa shape index (κ3) is 4.25. The number of piperazine rings is 1. The van der Waals surface area contributed by atoms with Gasteiger partial charge in [0.2, 0.25) is 0 Å². The van der Waals surface area contributed by atoms with Crippen molar-refractivity contribution in [3.8, 4) is 5.69 Å². The summed E-state index contributed by atoms with van der Waals surface area (Å²) in [6, 6.07) is 5.90. The van der Waals surface area contributed by atoms with Gasteiger partial charge in [0.05, 0.1) is 22.4 Å². The summed E-state index contributed by atoms with van der Waals surface area (Å²) in [5, 5.41) is 20.4. The highest BCUT2D eigenvalue weighted by Crippen LogP contribution is 2.15. The molecule has 1 aliphatic heterocycles. The van der Waals surface area contributed by atoms with Crippen molar-refractivity contribution in [3.63, 3.8) is 0 Å². The number of non-ortho nitro benzene ring substituents is 1. The van der Waals surface area contributed by atoms with Crippen molar-refractivity contribution in [1.29, 1.82) is 0 Å². The topological polar surface area (TPSA) is 99.8 Å². The van der Waals surface area contributed by atoms with E-state index >= 15 is 0 Å². The highest BCUT2D eigenvalue weighted by atomic mass is 16.6. The molecule has 1 aromatic heterocycles. The molecule has 0 radical (unpaired) electrons. The first-order valence-corrected chi connectivity index (χ1v) is 9.05. The van der Waals surface area contributed by atoms with Crippen LogP contribution < -0.4 is 5.56 Å². The molecule has 0 amide bonds. The van der Waals surface area contributed by atoms with Crippen LogP contribution in [0.3, 0.4) is 0 Å². The first-order valence-electron chi connectivity index (χ1n) is 9.05. The molecule has 1 N–H and O–H groups in total. The minimum Gasteiger partial charge on any atom is -0.303 e. The highest BCUT2D eigenvalue weighted by molar-refractivity contribution is 5.80. The number of aromatic amines is 1. The van der Waals surface area contributed by atoms with Gasteiger partial charge in [-0.05, 0) is 25.6 Å². The maximum Gasteiger partial charge on any atom is 0.280 e. The summed E-state index contributed by atoms with van der Waals surface area (Å²) in [7, 11) is 2.08. The third-order valence-electron chi connectivity index (χ3n) is 4.65. The Morgan fingerprint density at radius 2 is 1.89 bits per heavy atom. The lowest BCUT2D eigenvalue weighted by molar-refractivity contribution is -0.384. The highest BCUT2D eigenvalue weighted by Gasteiger charge is 2.16. The molecule has 9 nitrogen and oxygen atoms in total. The van der Waals surface area contributed by atoms with E-state index in [9.17, 15) is 14.9 Å². The summed E-state index contributed by atoms with van der Waals surface area (Å²) in [6.45, 7) is 5.59. The van der Waals surface area contributed by atoms with E-state index in [0.717, 1.165) is 44.7 Å². The van der Waals surface area contributed by atoms with Gasteiger partial charge in [-0.2, -0.15) is 5.10 Å². The summed E-state index contributed by atoms with van der Waals surface area (Å²) in [5.74, 6) is 0. The van der Waals surface area contributed by atoms with E-state index in [4.69, 9.17) is 0 Å². The number of aromatic nitrogens is 2. The summed E-state index contributed by atoms with van der Waals surface area (Å²) >= 11 is 0. The minimum atomic E-state index is -0.460. The van der Waals surface area contributed by atoms with Gasteiger partial charge in [-0.1, -0.05) is 13.3 Å². The molecule has 0 saturated carbocycles. The Balaban J connectivity index is 1.89. The molecule has 2 heterocycles. The molecule has 0 spiro atoms. The number of hydrogen-bond acceptors (Lipinski definition) is 6. The van der Waals surface area contributed by atoms with Crippen LogP contribution in [0.2, 0.25) is 0 Å². The fourth-order valence-electron chi connectivity index (χ4n) is 3.03. The Morgan fingerprint density at radius 3 is 2.48 bits per heavy atom. The molecule has 144 valence electrons. The number of rotatable bonds is 6. The van der Waals surface area contributed by atoms with Crippen molar-refractivity contribution in [1.82, 2.24) is 19.7 Å². The van der Waals surface area contributed by atoms with Gasteiger partial charge >= 0.3 is 0 Å². The number of aryl methyl sites for hydroxylation is 1. The molecule has 2 aromatic rings. The smallest absolute Gasteiger partial charge is 0.280 e. The van der Waals surface area contributed by atoms with Crippen molar-refractivity contribution in [2.75, 3.05) is 33.2 Å². The van der Waals surface area contributed by atoms with Crippen LogP contribution in [-0.2, 0) is 6.42 Å². The quantitative estimate of drug-likeness (QED) is 0.472. The molecule has 1 aliphatic rings. The fraction of sp³-hybridized carbons (Fsp3) is 0.444. The van der Waals surface area contributed by atoms with Crippen molar-refractivity contribution >= 4 is 11.9 Å². The molecule has 1 fully saturated rings. The zero-order chi connectivity index (χ0) is 19.4. The second kappa shape index (κ2) is 8.17. The lowest BCUT2D eigenvalue weighted by Gasteiger charge is -2.30. The molecule has 0 unspecified atom stereocenters. The van der Waals surface area contributed by atoms with E-state index in [2.05, 4.69) is 22.1 Å². The Morgan fingerprint density at radius 1 is 1.22 bits per heavy atom. The predicted octanol–water partition coefficient (Wildman–Crippen LogP) is 1.61. The van der Waals surface area contributed by atoms with E-state index in [1.165, 1.54) is 16.8 Å². The van der Waals surface area contributed by atoms with Crippen LogP contribution >= 0.6 is 0 Å². The first kappa shape index (κ1) is 18.8. The van der Waals surface area contributed by atoms with Gasteiger partial charge in [-0.15, -0.1) is 0 Å². The van der Waals surface area contributed by atoms with Crippen molar-refractivity contribution < 1.29 is 4.92 Å².